The fourth-order valence-corrected chi connectivity index (χ4v) is 3.56. The zero-order chi connectivity index (χ0) is 20.1. The Morgan fingerprint density at radius 3 is 2.61 bits per heavy atom. The molecule has 3 rings (SSSR count). The Kier molecular flexibility index (Phi) is 6.52. The van der Waals surface area contributed by atoms with E-state index in [9.17, 15) is 9.18 Å². The normalized spacial score (nSPS) is 16.0. The molecule has 0 atom stereocenters. The lowest BCUT2D eigenvalue weighted by Gasteiger charge is -2.38. The number of hydrogen-bond acceptors (Lipinski definition) is 4. The number of halogens is 2. The molecule has 1 N–H and O–H groups in total. The zero-order valence-corrected chi connectivity index (χ0v) is 16.8. The molecular formula is C21H24ClFN2O3. The summed E-state index contributed by atoms with van der Waals surface area (Å²) in [4.78, 5) is 16.8. The molecule has 28 heavy (non-hydrogen) atoms. The number of rotatable bonds is 6. The molecule has 7 heteroatoms. The summed E-state index contributed by atoms with van der Waals surface area (Å²) in [6, 6.07) is 8.01. The number of nitrogens with one attached hydrogen (secondary N) is 1. The number of hydrogen-bond donors (Lipinski definition) is 1. The van der Waals surface area contributed by atoms with Crippen LogP contribution in [-0.4, -0.2) is 36.8 Å². The number of benzene rings is 1. The maximum Gasteiger partial charge on any atom is 0.252 e. The van der Waals surface area contributed by atoms with E-state index in [0.717, 1.165) is 18.4 Å². The fraction of sp³-hybridized carbons (Fsp3) is 0.429. The van der Waals surface area contributed by atoms with Crippen molar-refractivity contribution in [3.05, 3.63) is 58.5 Å². The number of carbonyl (C=O) groups excluding carboxylic acids is 1. The maximum absolute atomic E-state index is 13.3. The van der Waals surface area contributed by atoms with Crippen LogP contribution in [0.1, 0.15) is 42.6 Å². The second kappa shape index (κ2) is 8.88. The van der Waals surface area contributed by atoms with Crippen molar-refractivity contribution in [2.24, 2.45) is 0 Å². The van der Waals surface area contributed by atoms with Gasteiger partial charge in [0.1, 0.15) is 10.8 Å². The minimum atomic E-state index is -0.292. The summed E-state index contributed by atoms with van der Waals surface area (Å²) >= 11 is 6.18. The van der Waals surface area contributed by atoms with Crippen molar-refractivity contribution < 1.29 is 18.7 Å². The van der Waals surface area contributed by atoms with Crippen LogP contribution in [-0.2, 0) is 10.2 Å². The van der Waals surface area contributed by atoms with E-state index in [-0.39, 0.29) is 23.2 Å². The summed E-state index contributed by atoms with van der Waals surface area (Å²) in [7, 11) is 0. The lowest BCUT2D eigenvalue weighted by atomic mass is 9.74. The average molecular weight is 407 g/mol. The smallest absolute Gasteiger partial charge is 0.252 e. The predicted molar refractivity (Wildman–Crippen MR) is 105 cm³/mol. The van der Waals surface area contributed by atoms with Gasteiger partial charge in [0.2, 0.25) is 5.88 Å². The molecule has 1 saturated heterocycles. The standard InChI is InChI=1S/C21H24ClFN2O3/c1-14(2)28-20-18(22)11-15(12-24-20)19(26)25-13-21(7-9-27-10-8-21)16-3-5-17(23)6-4-16/h3-6,11-12,14H,7-10,13H2,1-2H3,(H,25,26). The summed E-state index contributed by atoms with van der Waals surface area (Å²) in [5.74, 6) is -0.238. The SMILES string of the molecule is CC(C)Oc1ncc(C(=O)NCC2(c3ccc(F)cc3)CCOCC2)cc1Cl. The molecule has 1 aliphatic heterocycles. The van der Waals surface area contributed by atoms with Gasteiger partial charge in [0.05, 0.1) is 11.7 Å². The van der Waals surface area contributed by atoms with Crippen molar-refractivity contribution in [1.29, 1.82) is 0 Å². The van der Waals surface area contributed by atoms with Gasteiger partial charge >= 0.3 is 0 Å². The largest absolute Gasteiger partial charge is 0.474 e. The molecule has 2 heterocycles. The van der Waals surface area contributed by atoms with Crippen LogP contribution in [0.3, 0.4) is 0 Å². The Bertz CT molecular complexity index is 821. The van der Waals surface area contributed by atoms with Crippen molar-refractivity contribution in [1.82, 2.24) is 10.3 Å². The number of pyridine rings is 1. The third-order valence-electron chi connectivity index (χ3n) is 4.91. The summed E-state index contributed by atoms with van der Waals surface area (Å²) in [6.45, 7) is 5.37. The molecule has 0 saturated carbocycles. The first-order valence-corrected chi connectivity index (χ1v) is 9.72. The van der Waals surface area contributed by atoms with E-state index in [4.69, 9.17) is 21.1 Å². The molecule has 0 aliphatic carbocycles. The minimum absolute atomic E-state index is 0.0613. The monoisotopic (exact) mass is 406 g/mol. The van der Waals surface area contributed by atoms with Gasteiger partial charge in [0.15, 0.2) is 0 Å². The van der Waals surface area contributed by atoms with Crippen molar-refractivity contribution in [2.45, 2.75) is 38.2 Å². The van der Waals surface area contributed by atoms with E-state index in [1.807, 2.05) is 13.8 Å². The van der Waals surface area contributed by atoms with Gasteiger partial charge in [-0.1, -0.05) is 23.7 Å². The van der Waals surface area contributed by atoms with Gasteiger partial charge in [-0.3, -0.25) is 4.79 Å². The van der Waals surface area contributed by atoms with E-state index in [1.165, 1.54) is 18.3 Å². The van der Waals surface area contributed by atoms with Gasteiger partial charge in [0.25, 0.3) is 5.91 Å². The first-order chi connectivity index (χ1) is 13.4. The molecule has 150 valence electrons. The third-order valence-corrected chi connectivity index (χ3v) is 5.18. The van der Waals surface area contributed by atoms with Crippen LogP contribution in [0.5, 0.6) is 5.88 Å². The Hall–Kier alpha value is -2.18. The molecule has 2 aromatic rings. The number of carbonyl (C=O) groups is 1. The molecule has 0 radical (unpaired) electrons. The highest BCUT2D eigenvalue weighted by atomic mass is 35.5. The molecule has 5 nitrogen and oxygen atoms in total. The van der Waals surface area contributed by atoms with Crippen LogP contribution in [0.4, 0.5) is 4.39 Å². The Morgan fingerprint density at radius 1 is 1.32 bits per heavy atom. The Labute approximate surface area is 169 Å². The van der Waals surface area contributed by atoms with Crippen LogP contribution < -0.4 is 10.1 Å². The summed E-state index contributed by atoms with van der Waals surface area (Å²) < 4.78 is 24.3. The second-order valence-corrected chi connectivity index (χ2v) is 7.67. The van der Waals surface area contributed by atoms with E-state index in [2.05, 4.69) is 10.3 Å². The van der Waals surface area contributed by atoms with Crippen LogP contribution >= 0.6 is 11.6 Å². The van der Waals surface area contributed by atoms with Crippen LogP contribution in [0.25, 0.3) is 0 Å². The first kappa shape index (κ1) is 20.6. The van der Waals surface area contributed by atoms with Gasteiger partial charge in [-0.15, -0.1) is 0 Å². The molecule has 1 fully saturated rings. The molecule has 1 aliphatic rings. The highest BCUT2D eigenvalue weighted by molar-refractivity contribution is 6.32. The molecular weight excluding hydrogens is 383 g/mol. The topological polar surface area (TPSA) is 60.5 Å². The first-order valence-electron chi connectivity index (χ1n) is 9.34. The fourth-order valence-electron chi connectivity index (χ4n) is 3.34. The summed E-state index contributed by atoms with van der Waals surface area (Å²) in [5, 5.41) is 3.27. The summed E-state index contributed by atoms with van der Waals surface area (Å²) in [5.41, 5.74) is 1.07. The number of aromatic nitrogens is 1. The quantitative estimate of drug-likeness (QED) is 0.783. The summed E-state index contributed by atoms with van der Waals surface area (Å²) in [6.07, 6.45) is 2.89. The molecule has 1 aromatic heterocycles. The number of amides is 1. The lowest BCUT2D eigenvalue weighted by Crippen LogP contribution is -2.44. The Morgan fingerprint density at radius 2 is 2.00 bits per heavy atom. The third kappa shape index (κ3) is 4.80. The molecule has 0 spiro atoms. The number of nitrogens with zero attached hydrogens (tertiary/aromatic N) is 1. The second-order valence-electron chi connectivity index (χ2n) is 7.26. The van der Waals surface area contributed by atoms with Crippen LogP contribution in [0, 0.1) is 5.82 Å². The number of ether oxygens (including phenoxy) is 2. The highest BCUT2D eigenvalue weighted by Gasteiger charge is 2.35. The van der Waals surface area contributed by atoms with Crippen LogP contribution in [0.2, 0.25) is 5.02 Å². The van der Waals surface area contributed by atoms with Gasteiger partial charge in [-0.2, -0.15) is 0 Å². The zero-order valence-electron chi connectivity index (χ0n) is 16.0. The van der Waals surface area contributed by atoms with Gasteiger partial charge in [-0.05, 0) is 50.5 Å². The van der Waals surface area contributed by atoms with Crippen molar-refractivity contribution in [3.63, 3.8) is 0 Å². The maximum atomic E-state index is 13.3. The molecule has 1 aromatic carbocycles. The average Bonchev–Trinajstić information content (AvgIpc) is 2.68. The van der Waals surface area contributed by atoms with Gasteiger partial charge in [0, 0.05) is 31.4 Å². The molecule has 0 bridgehead atoms. The highest BCUT2D eigenvalue weighted by Crippen LogP contribution is 2.34. The lowest BCUT2D eigenvalue weighted by molar-refractivity contribution is 0.0487. The van der Waals surface area contributed by atoms with Crippen molar-refractivity contribution in [2.75, 3.05) is 19.8 Å². The van der Waals surface area contributed by atoms with E-state index < -0.39 is 0 Å². The molecule has 1 amide bonds. The van der Waals surface area contributed by atoms with E-state index >= 15 is 0 Å². The Balaban J connectivity index is 1.73. The molecule has 0 unspecified atom stereocenters. The van der Waals surface area contributed by atoms with Crippen molar-refractivity contribution in [3.8, 4) is 5.88 Å². The predicted octanol–water partition coefficient (Wildman–Crippen LogP) is 4.14. The minimum Gasteiger partial charge on any atom is -0.474 e. The van der Waals surface area contributed by atoms with E-state index in [1.54, 1.807) is 18.2 Å². The van der Waals surface area contributed by atoms with Gasteiger partial charge < -0.3 is 14.8 Å². The van der Waals surface area contributed by atoms with E-state index in [0.29, 0.717) is 36.2 Å². The van der Waals surface area contributed by atoms with Gasteiger partial charge in [-0.25, -0.2) is 9.37 Å². The van der Waals surface area contributed by atoms with Crippen LogP contribution in [0.15, 0.2) is 36.5 Å². The van der Waals surface area contributed by atoms with Crippen molar-refractivity contribution >= 4 is 17.5 Å².